The zero-order valence-corrected chi connectivity index (χ0v) is 8.75. The molecule has 0 aliphatic carbocycles. The Bertz CT molecular complexity index is 546. The molecule has 0 heterocycles. The molecule has 0 atom stereocenters. The Kier molecular flexibility index (Phi) is 2.64. The van der Waals surface area contributed by atoms with Gasteiger partial charge in [0.15, 0.2) is 0 Å². The molecule has 1 amide bonds. The van der Waals surface area contributed by atoms with E-state index in [0.717, 1.165) is 15.8 Å². The number of fused-ring (bicyclic) bond motifs is 1. The van der Waals surface area contributed by atoms with Gasteiger partial charge in [0.25, 0.3) is 0 Å². The molecule has 0 aliphatic rings. The third-order valence-electron chi connectivity index (χ3n) is 2.37. The normalized spacial score (nSPS) is 10.1. The second-order valence-electron chi connectivity index (χ2n) is 3.41. The molecule has 2 rings (SSSR count). The maximum absolute atomic E-state index is 11.3. The molecular weight excluding hydrogens is 204 g/mol. The fourth-order valence-electron chi connectivity index (χ4n) is 1.66. The number of amides is 1. The summed E-state index contributed by atoms with van der Waals surface area (Å²) in [6.07, 6.45) is 0. The van der Waals surface area contributed by atoms with Crippen molar-refractivity contribution in [2.24, 2.45) is 5.29 Å². The molecule has 0 saturated heterocycles. The fraction of sp³-hybridized carbons (Fsp3) is 0.0833. The van der Waals surface area contributed by atoms with E-state index >= 15 is 0 Å². The smallest absolute Gasteiger partial charge is 0.246 e. The molecular formula is C12H10N2O2. The van der Waals surface area contributed by atoms with Gasteiger partial charge in [-0.05, 0) is 11.5 Å². The summed E-state index contributed by atoms with van der Waals surface area (Å²) in [5.41, 5.74) is 0.514. The zero-order chi connectivity index (χ0) is 11.5. The monoisotopic (exact) mass is 214 g/mol. The van der Waals surface area contributed by atoms with Crippen LogP contribution in [-0.4, -0.2) is 5.91 Å². The van der Waals surface area contributed by atoms with Crippen LogP contribution in [0.2, 0.25) is 0 Å². The standard InChI is InChI=1S/C12H10N2O2/c1-9(15)14(13-16)12-8-4-6-10-5-2-3-7-11(10)12/h2-8H,1H3. The second kappa shape index (κ2) is 4.10. The van der Waals surface area contributed by atoms with Gasteiger partial charge in [-0.25, -0.2) is 0 Å². The van der Waals surface area contributed by atoms with Crippen molar-refractivity contribution in [3.63, 3.8) is 0 Å². The average Bonchev–Trinajstić information content (AvgIpc) is 2.30. The Morgan fingerprint density at radius 2 is 1.81 bits per heavy atom. The molecule has 0 aromatic heterocycles. The highest BCUT2D eigenvalue weighted by Gasteiger charge is 2.14. The number of nitrogens with zero attached hydrogens (tertiary/aromatic N) is 2. The highest BCUT2D eigenvalue weighted by atomic mass is 16.3. The predicted octanol–water partition coefficient (Wildman–Crippen LogP) is 2.87. The van der Waals surface area contributed by atoms with E-state index in [1.54, 1.807) is 12.1 Å². The van der Waals surface area contributed by atoms with Crippen molar-refractivity contribution in [3.05, 3.63) is 47.4 Å². The summed E-state index contributed by atoms with van der Waals surface area (Å²) in [7, 11) is 0. The molecule has 0 N–H and O–H groups in total. The topological polar surface area (TPSA) is 49.7 Å². The SMILES string of the molecule is CC(=O)N(N=O)c1cccc2ccccc12. The van der Waals surface area contributed by atoms with Crippen LogP contribution in [0.25, 0.3) is 10.8 Å². The number of rotatable bonds is 2. The Labute approximate surface area is 92.4 Å². The van der Waals surface area contributed by atoms with Gasteiger partial charge >= 0.3 is 0 Å². The first-order chi connectivity index (χ1) is 7.74. The molecule has 4 nitrogen and oxygen atoms in total. The van der Waals surface area contributed by atoms with Crippen LogP contribution < -0.4 is 5.01 Å². The maximum atomic E-state index is 11.3. The molecule has 0 bridgehead atoms. The van der Waals surface area contributed by atoms with Crippen LogP contribution >= 0.6 is 0 Å². The van der Waals surface area contributed by atoms with Crippen molar-refractivity contribution in [3.8, 4) is 0 Å². The zero-order valence-electron chi connectivity index (χ0n) is 8.75. The second-order valence-corrected chi connectivity index (χ2v) is 3.41. The molecule has 2 aromatic carbocycles. The van der Waals surface area contributed by atoms with Gasteiger partial charge in [-0.2, -0.15) is 5.01 Å². The predicted molar refractivity (Wildman–Crippen MR) is 62.9 cm³/mol. The van der Waals surface area contributed by atoms with Crippen molar-refractivity contribution in [2.75, 3.05) is 5.01 Å². The number of carbonyl (C=O) groups excluding carboxylic acids is 1. The average molecular weight is 214 g/mol. The molecule has 4 heteroatoms. The summed E-state index contributed by atoms with van der Waals surface area (Å²) in [6.45, 7) is 1.31. The van der Waals surface area contributed by atoms with E-state index in [2.05, 4.69) is 5.29 Å². The summed E-state index contributed by atoms with van der Waals surface area (Å²) in [5.74, 6) is -0.397. The quantitative estimate of drug-likeness (QED) is 0.570. The largest absolute Gasteiger partial charge is 0.273 e. The number of hydrogen-bond donors (Lipinski definition) is 0. The molecule has 80 valence electrons. The van der Waals surface area contributed by atoms with Crippen LogP contribution in [0.3, 0.4) is 0 Å². The van der Waals surface area contributed by atoms with Gasteiger partial charge in [0, 0.05) is 12.3 Å². The minimum atomic E-state index is -0.397. The lowest BCUT2D eigenvalue weighted by Gasteiger charge is -2.13. The number of carbonyl (C=O) groups is 1. The lowest BCUT2D eigenvalue weighted by molar-refractivity contribution is -0.116. The molecule has 16 heavy (non-hydrogen) atoms. The molecule has 0 radical (unpaired) electrons. The summed E-state index contributed by atoms with van der Waals surface area (Å²) < 4.78 is 0. The first-order valence-corrected chi connectivity index (χ1v) is 4.86. The molecule has 0 aliphatic heterocycles. The van der Waals surface area contributed by atoms with Crippen LogP contribution in [-0.2, 0) is 4.79 Å². The number of nitroso groups, excluding NO2 is 1. The Balaban J connectivity index is 2.68. The van der Waals surface area contributed by atoms with Crippen molar-refractivity contribution in [2.45, 2.75) is 6.92 Å². The minimum Gasteiger partial charge on any atom is -0.273 e. The van der Waals surface area contributed by atoms with Gasteiger partial charge in [0.05, 0.1) is 11.0 Å². The van der Waals surface area contributed by atoms with Crippen molar-refractivity contribution in [1.82, 2.24) is 0 Å². The van der Waals surface area contributed by atoms with Gasteiger partial charge in [0.2, 0.25) is 5.91 Å². The van der Waals surface area contributed by atoms with Gasteiger partial charge in [0.1, 0.15) is 0 Å². The Morgan fingerprint density at radius 1 is 1.12 bits per heavy atom. The summed E-state index contributed by atoms with van der Waals surface area (Å²) in [4.78, 5) is 21.9. The first kappa shape index (κ1) is 10.3. The highest BCUT2D eigenvalue weighted by molar-refractivity contribution is 6.02. The Hall–Kier alpha value is -2.23. The van der Waals surface area contributed by atoms with Crippen LogP contribution in [0.15, 0.2) is 47.8 Å². The summed E-state index contributed by atoms with van der Waals surface area (Å²) in [5, 5.41) is 5.41. The Morgan fingerprint density at radius 3 is 2.50 bits per heavy atom. The lowest BCUT2D eigenvalue weighted by atomic mass is 10.1. The van der Waals surface area contributed by atoms with Crippen molar-refractivity contribution >= 4 is 22.4 Å². The van der Waals surface area contributed by atoms with E-state index in [4.69, 9.17) is 0 Å². The molecule has 0 unspecified atom stereocenters. The van der Waals surface area contributed by atoms with E-state index in [9.17, 15) is 9.70 Å². The van der Waals surface area contributed by atoms with E-state index < -0.39 is 5.91 Å². The van der Waals surface area contributed by atoms with Crippen molar-refractivity contribution in [1.29, 1.82) is 0 Å². The number of anilines is 1. The van der Waals surface area contributed by atoms with Crippen LogP contribution in [0, 0.1) is 4.91 Å². The van der Waals surface area contributed by atoms with E-state index in [1.165, 1.54) is 6.92 Å². The van der Waals surface area contributed by atoms with Crippen LogP contribution in [0.5, 0.6) is 0 Å². The van der Waals surface area contributed by atoms with Crippen LogP contribution in [0.1, 0.15) is 6.92 Å². The van der Waals surface area contributed by atoms with E-state index in [0.29, 0.717) is 5.69 Å². The lowest BCUT2D eigenvalue weighted by Crippen LogP contribution is -2.21. The molecule has 0 saturated carbocycles. The molecule has 2 aromatic rings. The van der Waals surface area contributed by atoms with Gasteiger partial charge in [-0.1, -0.05) is 36.4 Å². The van der Waals surface area contributed by atoms with Crippen LogP contribution in [0.4, 0.5) is 5.69 Å². The van der Waals surface area contributed by atoms with E-state index in [-0.39, 0.29) is 0 Å². The fourth-order valence-corrected chi connectivity index (χ4v) is 1.66. The summed E-state index contributed by atoms with van der Waals surface area (Å²) >= 11 is 0. The van der Waals surface area contributed by atoms with Gasteiger partial charge < -0.3 is 0 Å². The summed E-state index contributed by atoms with van der Waals surface area (Å²) in [6, 6.07) is 12.9. The number of benzene rings is 2. The van der Waals surface area contributed by atoms with Gasteiger partial charge in [-0.3, -0.25) is 4.79 Å². The third-order valence-corrected chi connectivity index (χ3v) is 2.37. The minimum absolute atomic E-state index is 0.397. The first-order valence-electron chi connectivity index (χ1n) is 4.86. The molecule has 0 spiro atoms. The number of hydrogen-bond acceptors (Lipinski definition) is 3. The van der Waals surface area contributed by atoms with Crippen molar-refractivity contribution < 1.29 is 4.79 Å². The maximum Gasteiger partial charge on any atom is 0.246 e. The third kappa shape index (κ3) is 1.65. The van der Waals surface area contributed by atoms with E-state index in [1.807, 2.05) is 30.3 Å². The highest BCUT2D eigenvalue weighted by Crippen LogP contribution is 2.26. The molecule has 0 fully saturated rings. The van der Waals surface area contributed by atoms with Gasteiger partial charge in [-0.15, -0.1) is 4.91 Å².